The monoisotopic (exact) mass is 271 g/mol. The van der Waals surface area contributed by atoms with Crippen LogP contribution in [0, 0.1) is 0 Å². The van der Waals surface area contributed by atoms with Gasteiger partial charge >= 0.3 is 0 Å². The Hall–Kier alpha value is -0.910. The van der Waals surface area contributed by atoms with Gasteiger partial charge in [0.25, 0.3) is 0 Å². The fraction of sp³-hybridized carbons (Fsp3) is 0.538. The molecule has 0 saturated heterocycles. The molecule has 102 valence electrons. The molecule has 0 aromatic heterocycles. The fourth-order valence-electron chi connectivity index (χ4n) is 1.63. The van der Waals surface area contributed by atoms with E-state index >= 15 is 0 Å². The largest absolute Gasteiger partial charge is 0.377 e. The van der Waals surface area contributed by atoms with Crippen LogP contribution in [-0.4, -0.2) is 20.8 Å². The average molecular weight is 271 g/mol. The van der Waals surface area contributed by atoms with Crippen LogP contribution in [0.15, 0.2) is 30.3 Å². The Morgan fingerprint density at radius 3 is 2.33 bits per heavy atom. The maximum absolute atomic E-state index is 10.7. The van der Waals surface area contributed by atoms with Gasteiger partial charge < -0.3 is 4.74 Å². The van der Waals surface area contributed by atoms with Gasteiger partial charge in [0, 0.05) is 6.61 Å². The van der Waals surface area contributed by atoms with E-state index in [1.807, 2.05) is 30.3 Å². The number of unbranched alkanes of at least 4 members (excludes halogenated alkanes) is 3. The van der Waals surface area contributed by atoms with Crippen molar-refractivity contribution in [3.8, 4) is 0 Å². The van der Waals surface area contributed by atoms with Crippen LogP contribution in [0.2, 0.25) is 0 Å². The Morgan fingerprint density at radius 2 is 1.67 bits per heavy atom. The molecule has 0 atom stereocenters. The molecule has 0 bridgehead atoms. The first-order valence-electron chi connectivity index (χ1n) is 6.20. The highest BCUT2D eigenvalue weighted by atomic mass is 32.2. The summed E-state index contributed by atoms with van der Waals surface area (Å²) in [6, 6.07) is 10.0. The van der Waals surface area contributed by atoms with Crippen molar-refractivity contribution < 1.29 is 13.2 Å². The van der Waals surface area contributed by atoms with Crippen LogP contribution in [0.4, 0.5) is 0 Å². The minimum Gasteiger partial charge on any atom is -0.377 e. The predicted molar refractivity (Wildman–Crippen MR) is 72.5 cm³/mol. The van der Waals surface area contributed by atoms with Crippen molar-refractivity contribution >= 4 is 10.0 Å². The topological polar surface area (TPSA) is 69.4 Å². The molecule has 0 saturated carbocycles. The standard InChI is InChI=1S/C13H21NO3S/c14-18(15,16)11-7-2-1-6-10-17-12-13-8-4-3-5-9-13/h3-5,8-9H,1-2,6-7,10-12H2,(H2,14,15,16). The summed E-state index contributed by atoms with van der Waals surface area (Å²) in [5.74, 6) is 0.0812. The SMILES string of the molecule is NS(=O)(=O)CCCCCCOCc1ccccc1. The van der Waals surface area contributed by atoms with Crippen LogP contribution >= 0.6 is 0 Å². The van der Waals surface area contributed by atoms with E-state index in [0.29, 0.717) is 19.6 Å². The number of ether oxygens (including phenoxy) is 1. The maximum atomic E-state index is 10.7. The average Bonchev–Trinajstić information content (AvgIpc) is 2.32. The Kier molecular flexibility index (Phi) is 6.93. The summed E-state index contributed by atoms with van der Waals surface area (Å²) in [6.45, 7) is 1.35. The minimum absolute atomic E-state index is 0.0812. The van der Waals surface area contributed by atoms with Gasteiger partial charge in [-0.15, -0.1) is 0 Å². The summed E-state index contributed by atoms with van der Waals surface area (Å²) >= 11 is 0. The number of primary sulfonamides is 1. The van der Waals surface area contributed by atoms with Crippen LogP contribution in [0.25, 0.3) is 0 Å². The zero-order chi connectivity index (χ0) is 13.3. The van der Waals surface area contributed by atoms with Gasteiger partial charge in [-0.1, -0.05) is 43.2 Å². The zero-order valence-electron chi connectivity index (χ0n) is 10.5. The lowest BCUT2D eigenvalue weighted by atomic mass is 10.2. The first-order chi connectivity index (χ1) is 8.58. The van der Waals surface area contributed by atoms with Gasteiger partial charge in [0.05, 0.1) is 12.4 Å². The first-order valence-corrected chi connectivity index (χ1v) is 7.91. The van der Waals surface area contributed by atoms with E-state index in [9.17, 15) is 8.42 Å². The summed E-state index contributed by atoms with van der Waals surface area (Å²) in [5.41, 5.74) is 1.17. The van der Waals surface area contributed by atoms with Crippen LogP contribution in [0.3, 0.4) is 0 Å². The molecule has 5 heteroatoms. The lowest BCUT2D eigenvalue weighted by Crippen LogP contribution is -2.16. The molecule has 1 aromatic carbocycles. The van der Waals surface area contributed by atoms with E-state index in [-0.39, 0.29) is 5.75 Å². The summed E-state index contributed by atoms with van der Waals surface area (Å²) in [4.78, 5) is 0. The van der Waals surface area contributed by atoms with Crippen LogP contribution in [-0.2, 0) is 21.4 Å². The number of nitrogens with two attached hydrogens (primary N) is 1. The maximum Gasteiger partial charge on any atom is 0.209 e. The van der Waals surface area contributed by atoms with Crippen molar-refractivity contribution in [3.05, 3.63) is 35.9 Å². The smallest absolute Gasteiger partial charge is 0.209 e. The Labute approximate surface area is 109 Å². The van der Waals surface area contributed by atoms with E-state index in [1.54, 1.807) is 0 Å². The third-order valence-electron chi connectivity index (χ3n) is 2.58. The van der Waals surface area contributed by atoms with Crippen molar-refractivity contribution in [2.24, 2.45) is 5.14 Å². The summed E-state index contributed by atoms with van der Waals surface area (Å²) in [5, 5.41) is 4.91. The molecule has 0 amide bonds. The lowest BCUT2D eigenvalue weighted by molar-refractivity contribution is 0.117. The van der Waals surface area contributed by atoms with Gasteiger partial charge in [-0.25, -0.2) is 13.6 Å². The predicted octanol–water partition coefficient (Wildman–Crippen LogP) is 2.05. The molecule has 0 spiro atoms. The number of hydrogen-bond donors (Lipinski definition) is 1. The first kappa shape index (κ1) is 15.1. The molecule has 0 aliphatic rings. The molecule has 1 aromatic rings. The molecule has 1 rings (SSSR count). The number of rotatable bonds is 9. The molecular weight excluding hydrogens is 250 g/mol. The summed E-state index contributed by atoms with van der Waals surface area (Å²) in [6.07, 6.45) is 3.45. The van der Waals surface area contributed by atoms with Crippen LogP contribution < -0.4 is 5.14 Å². The highest BCUT2D eigenvalue weighted by Crippen LogP contribution is 2.04. The number of sulfonamides is 1. The van der Waals surface area contributed by atoms with Gasteiger partial charge in [-0.3, -0.25) is 0 Å². The van der Waals surface area contributed by atoms with Gasteiger partial charge in [0.2, 0.25) is 10.0 Å². The van der Waals surface area contributed by atoms with E-state index in [1.165, 1.54) is 5.56 Å². The molecule has 18 heavy (non-hydrogen) atoms. The van der Waals surface area contributed by atoms with Gasteiger partial charge in [0.1, 0.15) is 0 Å². The second kappa shape index (κ2) is 8.24. The Morgan fingerprint density at radius 1 is 1.00 bits per heavy atom. The van der Waals surface area contributed by atoms with Gasteiger partial charge in [0.15, 0.2) is 0 Å². The summed E-state index contributed by atoms with van der Waals surface area (Å²) < 4.78 is 26.9. The van der Waals surface area contributed by atoms with Gasteiger partial charge in [-0.05, 0) is 18.4 Å². The van der Waals surface area contributed by atoms with Gasteiger partial charge in [-0.2, -0.15) is 0 Å². The minimum atomic E-state index is -3.29. The molecule has 0 heterocycles. The lowest BCUT2D eigenvalue weighted by Gasteiger charge is -2.04. The summed E-state index contributed by atoms with van der Waals surface area (Å²) in [7, 11) is -3.29. The fourth-order valence-corrected chi connectivity index (χ4v) is 2.23. The molecule has 0 unspecified atom stereocenters. The van der Waals surface area contributed by atoms with E-state index in [4.69, 9.17) is 9.88 Å². The van der Waals surface area contributed by atoms with Crippen molar-refractivity contribution in [3.63, 3.8) is 0 Å². The highest BCUT2D eigenvalue weighted by Gasteiger charge is 2.01. The molecule has 0 aliphatic heterocycles. The molecule has 4 nitrogen and oxygen atoms in total. The molecule has 0 radical (unpaired) electrons. The van der Waals surface area contributed by atoms with Crippen molar-refractivity contribution in [2.75, 3.05) is 12.4 Å². The molecule has 0 aliphatic carbocycles. The van der Waals surface area contributed by atoms with E-state index in [0.717, 1.165) is 19.3 Å². The second-order valence-electron chi connectivity index (χ2n) is 4.32. The number of benzene rings is 1. The van der Waals surface area contributed by atoms with Crippen LogP contribution in [0.1, 0.15) is 31.2 Å². The molecular formula is C13H21NO3S. The Balaban J connectivity index is 1.93. The zero-order valence-corrected chi connectivity index (χ0v) is 11.4. The van der Waals surface area contributed by atoms with Crippen molar-refractivity contribution in [1.29, 1.82) is 0 Å². The quantitative estimate of drug-likeness (QED) is 0.699. The van der Waals surface area contributed by atoms with E-state index in [2.05, 4.69) is 0 Å². The Bertz CT molecular complexity index is 417. The van der Waals surface area contributed by atoms with E-state index < -0.39 is 10.0 Å². The van der Waals surface area contributed by atoms with Crippen LogP contribution in [0.5, 0.6) is 0 Å². The highest BCUT2D eigenvalue weighted by molar-refractivity contribution is 7.89. The normalized spacial score (nSPS) is 11.6. The number of hydrogen-bond acceptors (Lipinski definition) is 3. The van der Waals surface area contributed by atoms with Crippen molar-refractivity contribution in [2.45, 2.75) is 32.3 Å². The second-order valence-corrected chi connectivity index (χ2v) is 6.05. The molecule has 2 N–H and O–H groups in total. The third-order valence-corrected chi connectivity index (χ3v) is 3.44. The molecule has 0 fully saturated rings. The third kappa shape index (κ3) is 8.22. The van der Waals surface area contributed by atoms with Crippen molar-refractivity contribution in [1.82, 2.24) is 0 Å².